The summed E-state index contributed by atoms with van der Waals surface area (Å²) in [7, 11) is -1.62. The van der Waals surface area contributed by atoms with Gasteiger partial charge in [0.1, 0.15) is 5.75 Å². The lowest BCUT2D eigenvalue weighted by Crippen LogP contribution is -2.49. The van der Waals surface area contributed by atoms with Gasteiger partial charge in [-0.2, -0.15) is 4.31 Å². The Labute approximate surface area is 138 Å². The first kappa shape index (κ1) is 18.2. The Morgan fingerprint density at radius 3 is 2.65 bits per heavy atom. The molecule has 1 aromatic carbocycles. The first-order valence-electron chi connectivity index (χ1n) is 7.87. The maximum absolute atomic E-state index is 12.4. The Morgan fingerprint density at radius 1 is 1.30 bits per heavy atom. The van der Waals surface area contributed by atoms with Crippen LogP contribution in [0.5, 0.6) is 5.75 Å². The van der Waals surface area contributed by atoms with Gasteiger partial charge in [-0.05, 0) is 31.5 Å². The van der Waals surface area contributed by atoms with Gasteiger partial charge in [0.15, 0.2) is 0 Å². The smallest absolute Gasteiger partial charge is 0.215 e. The predicted octanol–water partition coefficient (Wildman–Crippen LogP) is 1.22. The molecule has 1 saturated heterocycles. The van der Waals surface area contributed by atoms with Crippen LogP contribution in [0.15, 0.2) is 24.3 Å². The van der Waals surface area contributed by atoms with E-state index in [-0.39, 0.29) is 18.0 Å². The van der Waals surface area contributed by atoms with Crippen molar-refractivity contribution in [2.75, 3.05) is 32.5 Å². The quantitative estimate of drug-likeness (QED) is 0.755. The van der Waals surface area contributed by atoms with Crippen molar-refractivity contribution >= 4 is 10.0 Å². The zero-order valence-corrected chi connectivity index (χ0v) is 14.8. The van der Waals surface area contributed by atoms with Crippen LogP contribution in [0.1, 0.15) is 19.4 Å². The molecule has 0 saturated carbocycles. The molecule has 0 aliphatic carbocycles. The maximum atomic E-state index is 12.4. The van der Waals surface area contributed by atoms with Crippen molar-refractivity contribution in [3.8, 4) is 5.75 Å². The summed E-state index contributed by atoms with van der Waals surface area (Å²) in [4.78, 5) is 0. The Bertz CT molecular complexity index is 596. The molecule has 1 aliphatic heterocycles. The summed E-state index contributed by atoms with van der Waals surface area (Å²) in [6.45, 7) is 5.70. The second-order valence-electron chi connectivity index (χ2n) is 5.92. The number of ether oxygens (including phenoxy) is 2. The second kappa shape index (κ2) is 8.10. The van der Waals surface area contributed by atoms with Gasteiger partial charge in [0.05, 0.1) is 25.1 Å². The third-order valence-electron chi connectivity index (χ3n) is 3.78. The lowest BCUT2D eigenvalue weighted by atomic mass is 10.2. The molecule has 1 fully saturated rings. The van der Waals surface area contributed by atoms with E-state index in [1.165, 1.54) is 0 Å². The second-order valence-corrected chi connectivity index (χ2v) is 8.01. The van der Waals surface area contributed by atoms with Gasteiger partial charge in [-0.15, -0.1) is 0 Å². The molecule has 2 atom stereocenters. The maximum Gasteiger partial charge on any atom is 0.215 e. The molecular formula is C16H26N2O4S. The molecule has 0 unspecified atom stereocenters. The van der Waals surface area contributed by atoms with E-state index in [1.54, 1.807) is 11.4 Å². The summed E-state index contributed by atoms with van der Waals surface area (Å²) in [6, 6.07) is 7.72. The molecule has 0 amide bonds. The Hall–Kier alpha value is -1.15. The number of hydrogen-bond acceptors (Lipinski definition) is 5. The molecule has 0 spiro atoms. The topological polar surface area (TPSA) is 67.9 Å². The first-order valence-corrected chi connectivity index (χ1v) is 9.48. The van der Waals surface area contributed by atoms with Crippen molar-refractivity contribution < 1.29 is 17.9 Å². The van der Waals surface area contributed by atoms with E-state index in [2.05, 4.69) is 5.32 Å². The van der Waals surface area contributed by atoms with E-state index in [4.69, 9.17) is 9.47 Å². The highest BCUT2D eigenvalue weighted by Crippen LogP contribution is 2.15. The standard InChI is InChI=1S/C16H26N2O4S/c1-13-11-18(12-14(2)22-13)23(19,20)8-7-17-10-15-5-4-6-16(9-15)21-3/h4-6,9,13-14,17H,7-8,10-12H2,1-3H3/t13-,14+. The van der Waals surface area contributed by atoms with E-state index in [0.29, 0.717) is 26.2 Å². The van der Waals surface area contributed by atoms with Crippen molar-refractivity contribution in [3.05, 3.63) is 29.8 Å². The van der Waals surface area contributed by atoms with Crippen LogP contribution >= 0.6 is 0 Å². The third kappa shape index (κ3) is 5.46. The molecule has 0 radical (unpaired) electrons. The predicted molar refractivity (Wildman–Crippen MR) is 90.1 cm³/mol. The molecule has 130 valence electrons. The Kier molecular flexibility index (Phi) is 6.41. The highest BCUT2D eigenvalue weighted by atomic mass is 32.2. The van der Waals surface area contributed by atoms with Crippen LogP contribution in [-0.4, -0.2) is 57.4 Å². The Morgan fingerprint density at radius 2 is 2.00 bits per heavy atom. The average molecular weight is 342 g/mol. The van der Waals surface area contributed by atoms with Crippen LogP contribution in [0.3, 0.4) is 0 Å². The van der Waals surface area contributed by atoms with Crippen molar-refractivity contribution in [2.24, 2.45) is 0 Å². The van der Waals surface area contributed by atoms with Gasteiger partial charge < -0.3 is 14.8 Å². The van der Waals surface area contributed by atoms with Gasteiger partial charge in [0.25, 0.3) is 0 Å². The molecule has 1 aliphatic rings. The van der Waals surface area contributed by atoms with Gasteiger partial charge >= 0.3 is 0 Å². The van der Waals surface area contributed by atoms with Crippen LogP contribution in [0.2, 0.25) is 0 Å². The number of nitrogens with one attached hydrogen (secondary N) is 1. The number of nitrogens with zero attached hydrogens (tertiary/aromatic N) is 1. The molecule has 1 aromatic rings. The highest BCUT2D eigenvalue weighted by molar-refractivity contribution is 7.89. The zero-order chi connectivity index (χ0) is 16.9. The molecule has 23 heavy (non-hydrogen) atoms. The van der Waals surface area contributed by atoms with Crippen molar-refractivity contribution in [3.63, 3.8) is 0 Å². The van der Waals surface area contributed by atoms with E-state index in [1.807, 2.05) is 38.1 Å². The van der Waals surface area contributed by atoms with Gasteiger partial charge in [-0.3, -0.25) is 0 Å². The van der Waals surface area contributed by atoms with Crippen LogP contribution < -0.4 is 10.1 Å². The Balaban J connectivity index is 1.80. The monoisotopic (exact) mass is 342 g/mol. The normalized spacial score (nSPS) is 22.9. The van der Waals surface area contributed by atoms with Gasteiger partial charge in [0, 0.05) is 26.2 Å². The fraction of sp³-hybridized carbons (Fsp3) is 0.625. The van der Waals surface area contributed by atoms with E-state index in [0.717, 1.165) is 11.3 Å². The molecule has 2 rings (SSSR count). The zero-order valence-electron chi connectivity index (χ0n) is 14.0. The number of rotatable bonds is 7. The van der Waals surface area contributed by atoms with Crippen LogP contribution in [-0.2, 0) is 21.3 Å². The summed E-state index contributed by atoms with van der Waals surface area (Å²) >= 11 is 0. The summed E-state index contributed by atoms with van der Waals surface area (Å²) in [6.07, 6.45) is -0.114. The molecule has 1 heterocycles. The largest absolute Gasteiger partial charge is 0.497 e. The van der Waals surface area contributed by atoms with Crippen LogP contribution in [0, 0.1) is 0 Å². The number of hydrogen-bond donors (Lipinski definition) is 1. The number of benzene rings is 1. The molecular weight excluding hydrogens is 316 g/mol. The highest BCUT2D eigenvalue weighted by Gasteiger charge is 2.30. The first-order chi connectivity index (χ1) is 10.9. The molecule has 6 nitrogen and oxygen atoms in total. The average Bonchev–Trinajstić information content (AvgIpc) is 2.51. The molecule has 1 N–H and O–H groups in total. The summed E-state index contributed by atoms with van der Waals surface area (Å²) < 4.78 is 37.1. The summed E-state index contributed by atoms with van der Waals surface area (Å²) in [5.41, 5.74) is 1.07. The summed E-state index contributed by atoms with van der Waals surface area (Å²) in [5.74, 6) is 0.893. The van der Waals surface area contributed by atoms with Crippen LogP contribution in [0.25, 0.3) is 0 Å². The molecule has 0 bridgehead atoms. The van der Waals surface area contributed by atoms with Gasteiger partial charge in [0.2, 0.25) is 10.0 Å². The van der Waals surface area contributed by atoms with Gasteiger partial charge in [-0.25, -0.2) is 8.42 Å². The molecule has 0 aromatic heterocycles. The summed E-state index contributed by atoms with van der Waals surface area (Å²) in [5, 5.41) is 3.18. The minimum absolute atomic E-state index is 0.0572. The number of methoxy groups -OCH3 is 1. The number of morpholine rings is 1. The third-order valence-corrected chi connectivity index (χ3v) is 5.58. The van der Waals surface area contributed by atoms with E-state index in [9.17, 15) is 8.42 Å². The minimum Gasteiger partial charge on any atom is -0.497 e. The fourth-order valence-corrected chi connectivity index (χ4v) is 4.24. The fourth-order valence-electron chi connectivity index (χ4n) is 2.70. The number of sulfonamides is 1. The van der Waals surface area contributed by atoms with Crippen molar-refractivity contribution in [1.82, 2.24) is 9.62 Å². The van der Waals surface area contributed by atoms with E-state index >= 15 is 0 Å². The van der Waals surface area contributed by atoms with Crippen LogP contribution in [0.4, 0.5) is 0 Å². The lowest BCUT2D eigenvalue weighted by Gasteiger charge is -2.34. The SMILES string of the molecule is COc1cccc(CNCCS(=O)(=O)N2C[C@@H](C)O[C@@H](C)C2)c1. The van der Waals surface area contributed by atoms with E-state index < -0.39 is 10.0 Å². The molecule has 7 heteroatoms. The van der Waals surface area contributed by atoms with Gasteiger partial charge in [-0.1, -0.05) is 12.1 Å². The lowest BCUT2D eigenvalue weighted by molar-refractivity contribution is -0.0440. The van der Waals surface area contributed by atoms with Crippen molar-refractivity contribution in [1.29, 1.82) is 0 Å². The minimum atomic E-state index is -3.25. The van der Waals surface area contributed by atoms with Crippen molar-refractivity contribution in [2.45, 2.75) is 32.6 Å².